The van der Waals surface area contributed by atoms with Gasteiger partial charge in [0, 0.05) is 6.54 Å². The Morgan fingerprint density at radius 2 is 1.75 bits per heavy atom. The van der Waals surface area contributed by atoms with E-state index < -0.39 is 0 Å². The minimum atomic E-state index is -0.0230. The SMILES string of the molecule is CC(NC(=O)C1CCCCN1Cc1ccccc1)c1ccccc1. The standard InChI is InChI=1S/C21H26N2O/c1-17(19-12-6-3-7-13-19)22-21(24)20-14-8-9-15-23(20)16-18-10-4-2-5-11-18/h2-7,10-13,17,20H,8-9,14-16H2,1H3,(H,22,24). The molecule has 1 amide bonds. The molecule has 2 aromatic carbocycles. The lowest BCUT2D eigenvalue weighted by Gasteiger charge is -2.35. The van der Waals surface area contributed by atoms with Gasteiger partial charge in [-0.2, -0.15) is 0 Å². The molecule has 1 aliphatic heterocycles. The zero-order valence-electron chi connectivity index (χ0n) is 14.3. The molecule has 3 heteroatoms. The van der Waals surface area contributed by atoms with Crippen LogP contribution in [0.1, 0.15) is 43.4 Å². The summed E-state index contributed by atoms with van der Waals surface area (Å²) in [6.45, 7) is 3.89. The number of amides is 1. The van der Waals surface area contributed by atoms with Crippen LogP contribution in [0.2, 0.25) is 0 Å². The summed E-state index contributed by atoms with van der Waals surface area (Å²) in [5, 5.41) is 3.20. The Balaban J connectivity index is 1.65. The minimum absolute atomic E-state index is 0.0230. The summed E-state index contributed by atoms with van der Waals surface area (Å²) in [5.74, 6) is 0.155. The number of benzene rings is 2. The maximum Gasteiger partial charge on any atom is 0.237 e. The topological polar surface area (TPSA) is 32.3 Å². The van der Waals surface area contributed by atoms with Crippen molar-refractivity contribution in [2.45, 2.75) is 44.8 Å². The Morgan fingerprint density at radius 1 is 1.08 bits per heavy atom. The van der Waals surface area contributed by atoms with Crippen LogP contribution in [-0.4, -0.2) is 23.4 Å². The summed E-state index contributed by atoms with van der Waals surface area (Å²) in [7, 11) is 0. The van der Waals surface area contributed by atoms with E-state index in [-0.39, 0.29) is 18.0 Å². The zero-order chi connectivity index (χ0) is 16.8. The molecule has 126 valence electrons. The quantitative estimate of drug-likeness (QED) is 0.905. The van der Waals surface area contributed by atoms with Crippen molar-refractivity contribution in [3.63, 3.8) is 0 Å². The van der Waals surface area contributed by atoms with E-state index in [1.54, 1.807) is 0 Å². The summed E-state index contributed by atoms with van der Waals surface area (Å²) in [5.41, 5.74) is 2.42. The number of likely N-dealkylation sites (tertiary alicyclic amines) is 1. The first kappa shape index (κ1) is 16.7. The Labute approximate surface area is 144 Å². The third-order valence-electron chi connectivity index (χ3n) is 4.80. The van der Waals surface area contributed by atoms with Gasteiger partial charge in [0.25, 0.3) is 0 Å². The third kappa shape index (κ3) is 4.24. The second kappa shape index (κ2) is 8.11. The number of carbonyl (C=O) groups excluding carboxylic acids is 1. The molecule has 1 aliphatic rings. The molecule has 2 unspecified atom stereocenters. The number of nitrogens with one attached hydrogen (secondary N) is 1. The van der Waals surface area contributed by atoms with Gasteiger partial charge in [-0.05, 0) is 37.4 Å². The lowest BCUT2D eigenvalue weighted by atomic mass is 9.99. The highest BCUT2D eigenvalue weighted by molar-refractivity contribution is 5.82. The molecule has 0 saturated carbocycles. The van der Waals surface area contributed by atoms with Crippen molar-refractivity contribution in [3.05, 3.63) is 71.8 Å². The molecule has 2 atom stereocenters. The fraction of sp³-hybridized carbons (Fsp3) is 0.381. The molecule has 0 aliphatic carbocycles. The summed E-state index contributed by atoms with van der Waals surface area (Å²) < 4.78 is 0. The zero-order valence-corrected chi connectivity index (χ0v) is 14.3. The Bertz CT molecular complexity index is 641. The largest absolute Gasteiger partial charge is 0.348 e. The fourth-order valence-corrected chi connectivity index (χ4v) is 3.43. The van der Waals surface area contributed by atoms with Crippen LogP contribution in [0.15, 0.2) is 60.7 Å². The van der Waals surface area contributed by atoms with Gasteiger partial charge in [0.2, 0.25) is 5.91 Å². The van der Waals surface area contributed by atoms with Gasteiger partial charge in [-0.15, -0.1) is 0 Å². The smallest absolute Gasteiger partial charge is 0.237 e. The Hall–Kier alpha value is -2.13. The van der Waals surface area contributed by atoms with E-state index in [2.05, 4.69) is 53.5 Å². The van der Waals surface area contributed by atoms with Crippen LogP contribution < -0.4 is 5.32 Å². The highest BCUT2D eigenvalue weighted by Crippen LogP contribution is 2.21. The minimum Gasteiger partial charge on any atom is -0.348 e. The van der Waals surface area contributed by atoms with Crippen molar-refractivity contribution in [1.82, 2.24) is 10.2 Å². The Kier molecular flexibility index (Phi) is 5.65. The molecule has 3 nitrogen and oxygen atoms in total. The van der Waals surface area contributed by atoms with Crippen LogP contribution >= 0.6 is 0 Å². The van der Waals surface area contributed by atoms with E-state index in [0.717, 1.165) is 31.5 Å². The number of rotatable bonds is 5. The van der Waals surface area contributed by atoms with Gasteiger partial charge >= 0.3 is 0 Å². The second-order valence-corrected chi connectivity index (χ2v) is 6.61. The fourth-order valence-electron chi connectivity index (χ4n) is 3.43. The number of hydrogen-bond donors (Lipinski definition) is 1. The lowest BCUT2D eigenvalue weighted by Crippen LogP contribution is -2.49. The predicted molar refractivity (Wildman–Crippen MR) is 97.5 cm³/mol. The first-order chi connectivity index (χ1) is 11.7. The number of hydrogen-bond acceptors (Lipinski definition) is 2. The van der Waals surface area contributed by atoms with E-state index in [1.165, 1.54) is 12.0 Å². The monoisotopic (exact) mass is 322 g/mol. The van der Waals surface area contributed by atoms with Crippen LogP contribution in [0, 0.1) is 0 Å². The first-order valence-corrected chi connectivity index (χ1v) is 8.87. The molecule has 0 aromatic heterocycles. The normalized spacial score (nSPS) is 19.6. The molecule has 2 aromatic rings. The maximum absolute atomic E-state index is 12.8. The molecule has 0 bridgehead atoms. The molecule has 24 heavy (non-hydrogen) atoms. The van der Waals surface area contributed by atoms with Gasteiger partial charge in [0.05, 0.1) is 12.1 Å². The van der Waals surface area contributed by atoms with Gasteiger partial charge in [-0.1, -0.05) is 67.1 Å². The van der Waals surface area contributed by atoms with Gasteiger partial charge < -0.3 is 5.32 Å². The van der Waals surface area contributed by atoms with Gasteiger partial charge in [-0.25, -0.2) is 0 Å². The summed E-state index contributed by atoms with van der Waals surface area (Å²) in [6, 6.07) is 20.6. The van der Waals surface area contributed by atoms with E-state index in [1.807, 2.05) is 24.3 Å². The van der Waals surface area contributed by atoms with Crippen molar-refractivity contribution in [2.75, 3.05) is 6.54 Å². The van der Waals surface area contributed by atoms with E-state index in [0.29, 0.717) is 0 Å². The molecule has 1 saturated heterocycles. The second-order valence-electron chi connectivity index (χ2n) is 6.61. The molecular weight excluding hydrogens is 296 g/mol. The maximum atomic E-state index is 12.8. The molecule has 3 rings (SSSR count). The predicted octanol–water partition coefficient (Wildman–Crippen LogP) is 3.92. The summed E-state index contributed by atoms with van der Waals surface area (Å²) in [6.07, 6.45) is 3.24. The van der Waals surface area contributed by atoms with Gasteiger partial charge in [0.15, 0.2) is 0 Å². The highest BCUT2D eigenvalue weighted by Gasteiger charge is 2.29. The number of nitrogens with zero attached hydrogens (tertiary/aromatic N) is 1. The highest BCUT2D eigenvalue weighted by atomic mass is 16.2. The summed E-state index contributed by atoms with van der Waals surface area (Å²) >= 11 is 0. The van der Waals surface area contributed by atoms with Crippen LogP contribution in [0.4, 0.5) is 0 Å². The third-order valence-corrected chi connectivity index (χ3v) is 4.80. The van der Waals surface area contributed by atoms with E-state index >= 15 is 0 Å². The summed E-state index contributed by atoms with van der Waals surface area (Å²) in [4.78, 5) is 15.2. The molecule has 1 N–H and O–H groups in total. The van der Waals surface area contributed by atoms with Crippen molar-refractivity contribution in [3.8, 4) is 0 Å². The van der Waals surface area contributed by atoms with E-state index in [9.17, 15) is 4.79 Å². The van der Waals surface area contributed by atoms with Crippen LogP contribution in [0.5, 0.6) is 0 Å². The molecular formula is C21H26N2O. The average molecular weight is 322 g/mol. The average Bonchev–Trinajstić information content (AvgIpc) is 2.63. The van der Waals surface area contributed by atoms with Crippen molar-refractivity contribution >= 4 is 5.91 Å². The van der Waals surface area contributed by atoms with Crippen molar-refractivity contribution in [1.29, 1.82) is 0 Å². The molecule has 0 radical (unpaired) electrons. The van der Waals surface area contributed by atoms with Crippen LogP contribution in [0.25, 0.3) is 0 Å². The lowest BCUT2D eigenvalue weighted by molar-refractivity contribution is -0.128. The molecule has 1 fully saturated rings. The van der Waals surface area contributed by atoms with Crippen molar-refractivity contribution in [2.24, 2.45) is 0 Å². The van der Waals surface area contributed by atoms with Gasteiger partial charge in [0.1, 0.15) is 0 Å². The van der Waals surface area contributed by atoms with Crippen molar-refractivity contribution < 1.29 is 4.79 Å². The van der Waals surface area contributed by atoms with Crippen LogP contribution in [0.3, 0.4) is 0 Å². The molecule has 1 heterocycles. The molecule has 0 spiro atoms. The van der Waals surface area contributed by atoms with E-state index in [4.69, 9.17) is 0 Å². The Morgan fingerprint density at radius 3 is 2.46 bits per heavy atom. The van der Waals surface area contributed by atoms with Gasteiger partial charge in [-0.3, -0.25) is 9.69 Å². The number of carbonyl (C=O) groups is 1. The van der Waals surface area contributed by atoms with Crippen LogP contribution in [-0.2, 0) is 11.3 Å². The number of piperidine rings is 1. The first-order valence-electron chi connectivity index (χ1n) is 8.87.